The van der Waals surface area contributed by atoms with E-state index in [-0.39, 0.29) is 19.0 Å². The van der Waals surface area contributed by atoms with Gasteiger partial charge in [0.2, 0.25) is 0 Å². The van der Waals surface area contributed by atoms with Crippen LogP contribution in [0.5, 0.6) is 0 Å². The lowest BCUT2D eigenvalue weighted by molar-refractivity contribution is -0.150. The van der Waals surface area contributed by atoms with Gasteiger partial charge in [-0.05, 0) is 23.1 Å². The fraction of sp³-hybridized carbons (Fsp3) is 0.222. The highest BCUT2D eigenvalue weighted by molar-refractivity contribution is 5.85. The number of aliphatic carboxylic acids is 1. The quantitative estimate of drug-likeness (QED) is 0.750. The summed E-state index contributed by atoms with van der Waals surface area (Å²) >= 11 is 0. The Morgan fingerprint density at radius 2 is 1.58 bits per heavy atom. The van der Waals surface area contributed by atoms with Gasteiger partial charge in [0.1, 0.15) is 12.6 Å². The second-order valence-corrected chi connectivity index (χ2v) is 5.24. The van der Waals surface area contributed by atoms with Gasteiger partial charge >= 0.3 is 11.9 Å². The molecule has 0 fully saturated rings. The number of carboxylic acid groups (broad SMARTS) is 1. The summed E-state index contributed by atoms with van der Waals surface area (Å²) < 4.78 is 5.14. The van der Waals surface area contributed by atoms with Crippen LogP contribution in [0.2, 0.25) is 0 Å². The molecule has 24 heavy (non-hydrogen) atoms. The van der Waals surface area contributed by atoms with Gasteiger partial charge in [-0.15, -0.1) is 12.4 Å². The van der Waals surface area contributed by atoms with Crippen LogP contribution in [0.4, 0.5) is 0 Å². The molecule has 0 saturated carbocycles. The molecule has 0 bridgehead atoms. The number of nitrogens with two attached hydrogens (primary N) is 1. The summed E-state index contributed by atoms with van der Waals surface area (Å²) in [6.45, 7) is 0.0785. The smallest absolute Gasteiger partial charge is 0.323 e. The van der Waals surface area contributed by atoms with Gasteiger partial charge in [0.25, 0.3) is 0 Å². The Labute approximate surface area is 146 Å². The van der Waals surface area contributed by atoms with Gasteiger partial charge in [-0.3, -0.25) is 9.59 Å². The Morgan fingerprint density at radius 1 is 1.00 bits per heavy atom. The Kier molecular flexibility index (Phi) is 7.95. The van der Waals surface area contributed by atoms with E-state index in [1.807, 2.05) is 54.6 Å². The van der Waals surface area contributed by atoms with E-state index in [0.29, 0.717) is 0 Å². The van der Waals surface area contributed by atoms with Crippen LogP contribution < -0.4 is 5.73 Å². The number of carboxylic acids is 1. The minimum atomic E-state index is -1.14. The van der Waals surface area contributed by atoms with Gasteiger partial charge in [0, 0.05) is 0 Å². The highest BCUT2D eigenvalue weighted by atomic mass is 35.5. The zero-order valence-corrected chi connectivity index (χ0v) is 13.9. The first-order valence-electron chi connectivity index (χ1n) is 7.31. The molecule has 1 atom stereocenters. The molecule has 128 valence electrons. The molecule has 0 aromatic heterocycles. The van der Waals surface area contributed by atoms with Crippen molar-refractivity contribution in [2.75, 3.05) is 0 Å². The van der Waals surface area contributed by atoms with Crippen molar-refractivity contribution < 1.29 is 19.4 Å². The Balaban J connectivity index is 0.00000288. The normalized spacial score (nSPS) is 11.2. The number of rotatable bonds is 7. The lowest BCUT2D eigenvalue weighted by Crippen LogP contribution is -2.34. The van der Waals surface area contributed by atoms with Crippen LogP contribution in [0.15, 0.2) is 54.6 Å². The van der Waals surface area contributed by atoms with E-state index in [1.165, 1.54) is 0 Å². The third-order valence-corrected chi connectivity index (χ3v) is 3.42. The van der Waals surface area contributed by atoms with E-state index in [4.69, 9.17) is 15.6 Å². The van der Waals surface area contributed by atoms with Crippen molar-refractivity contribution in [1.29, 1.82) is 0 Å². The monoisotopic (exact) mass is 349 g/mol. The van der Waals surface area contributed by atoms with Crippen molar-refractivity contribution >= 4 is 24.3 Å². The molecule has 3 N–H and O–H groups in total. The number of halogens is 1. The first-order chi connectivity index (χ1) is 11.1. The van der Waals surface area contributed by atoms with Crippen molar-refractivity contribution in [3.05, 3.63) is 71.3 Å². The Morgan fingerprint density at radius 3 is 2.21 bits per heavy atom. The van der Waals surface area contributed by atoms with Crippen molar-refractivity contribution in [2.24, 2.45) is 5.73 Å². The molecule has 2 aromatic rings. The SMILES string of the molecule is Cl.N[C@@H](CC(=O)O)C(=O)OCc1ccccc1Cc1ccccc1. The van der Waals surface area contributed by atoms with Crippen molar-refractivity contribution in [3.8, 4) is 0 Å². The number of ether oxygens (including phenoxy) is 1. The fourth-order valence-electron chi connectivity index (χ4n) is 2.21. The fourth-order valence-corrected chi connectivity index (χ4v) is 2.21. The second kappa shape index (κ2) is 9.70. The van der Waals surface area contributed by atoms with Crippen molar-refractivity contribution in [1.82, 2.24) is 0 Å². The number of benzene rings is 2. The lowest BCUT2D eigenvalue weighted by Gasteiger charge is -2.12. The third kappa shape index (κ3) is 6.02. The van der Waals surface area contributed by atoms with E-state index in [2.05, 4.69) is 0 Å². The lowest BCUT2D eigenvalue weighted by atomic mass is 10.0. The predicted molar refractivity (Wildman–Crippen MR) is 93.0 cm³/mol. The molecule has 0 radical (unpaired) electrons. The second-order valence-electron chi connectivity index (χ2n) is 5.24. The number of carbonyl (C=O) groups excluding carboxylic acids is 1. The van der Waals surface area contributed by atoms with E-state index in [0.717, 1.165) is 23.1 Å². The molecule has 0 aliphatic carbocycles. The summed E-state index contributed by atoms with van der Waals surface area (Å²) in [4.78, 5) is 22.3. The molecule has 0 unspecified atom stereocenters. The summed E-state index contributed by atoms with van der Waals surface area (Å²) in [6, 6.07) is 16.5. The third-order valence-electron chi connectivity index (χ3n) is 3.42. The summed E-state index contributed by atoms with van der Waals surface area (Å²) in [5.41, 5.74) is 8.59. The van der Waals surface area contributed by atoms with Crippen molar-refractivity contribution in [3.63, 3.8) is 0 Å². The van der Waals surface area contributed by atoms with E-state index in [1.54, 1.807) is 0 Å². The first-order valence-corrected chi connectivity index (χ1v) is 7.31. The molecule has 2 rings (SSSR count). The van der Waals surface area contributed by atoms with Gasteiger partial charge in [0.15, 0.2) is 0 Å². The maximum absolute atomic E-state index is 11.7. The summed E-state index contributed by atoms with van der Waals surface area (Å²) in [7, 11) is 0. The molecule has 0 aliphatic rings. The standard InChI is InChI=1S/C18H19NO4.ClH/c19-16(11-17(20)21)18(22)23-12-15-9-5-4-8-14(15)10-13-6-2-1-3-7-13;/h1-9,16H,10-12,19H2,(H,20,21);1H/t16-;/m0./s1. The molecule has 5 nitrogen and oxygen atoms in total. The van der Waals surface area contributed by atoms with Crippen molar-refractivity contribution in [2.45, 2.75) is 25.5 Å². The van der Waals surface area contributed by atoms with Crippen LogP contribution in [0.25, 0.3) is 0 Å². The summed E-state index contributed by atoms with van der Waals surface area (Å²) in [6.07, 6.45) is 0.292. The molecule has 0 spiro atoms. The summed E-state index contributed by atoms with van der Waals surface area (Å²) in [5.74, 6) is -1.83. The van der Waals surface area contributed by atoms with Crippen LogP contribution in [-0.2, 0) is 27.4 Å². The molecule has 0 aliphatic heterocycles. The van der Waals surface area contributed by atoms with Crippen LogP contribution in [0, 0.1) is 0 Å². The molecule has 0 amide bonds. The number of hydrogen-bond donors (Lipinski definition) is 2. The van der Waals surface area contributed by atoms with Gasteiger partial charge in [-0.1, -0.05) is 54.6 Å². The predicted octanol–water partition coefficient (Wildman–Crippen LogP) is 2.54. The van der Waals surface area contributed by atoms with E-state index in [9.17, 15) is 9.59 Å². The molecule has 0 heterocycles. The zero-order chi connectivity index (χ0) is 16.7. The largest absolute Gasteiger partial charge is 0.481 e. The maximum Gasteiger partial charge on any atom is 0.323 e. The van der Waals surface area contributed by atoms with Gasteiger partial charge in [-0.25, -0.2) is 0 Å². The summed E-state index contributed by atoms with van der Waals surface area (Å²) in [5, 5.41) is 8.64. The minimum Gasteiger partial charge on any atom is -0.481 e. The van der Waals surface area contributed by atoms with Crippen LogP contribution in [-0.4, -0.2) is 23.1 Å². The minimum absolute atomic E-state index is 0. The molecular formula is C18H20ClNO4. The highest BCUT2D eigenvalue weighted by Crippen LogP contribution is 2.15. The van der Waals surface area contributed by atoms with Crippen LogP contribution in [0.1, 0.15) is 23.1 Å². The number of hydrogen-bond acceptors (Lipinski definition) is 4. The van der Waals surface area contributed by atoms with E-state index >= 15 is 0 Å². The van der Waals surface area contributed by atoms with Gasteiger partial charge < -0.3 is 15.6 Å². The Hall–Kier alpha value is -2.37. The Bertz CT molecular complexity index is 676. The number of esters is 1. The number of carbonyl (C=O) groups is 2. The molecular weight excluding hydrogens is 330 g/mol. The van der Waals surface area contributed by atoms with Gasteiger partial charge in [0.05, 0.1) is 6.42 Å². The molecule has 0 saturated heterocycles. The first kappa shape index (κ1) is 19.7. The topological polar surface area (TPSA) is 89.6 Å². The maximum atomic E-state index is 11.7. The highest BCUT2D eigenvalue weighted by Gasteiger charge is 2.18. The van der Waals surface area contributed by atoms with Gasteiger partial charge in [-0.2, -0.15) is 0 Å². The average Bonchev–Trinajstić information content (AvgIpc) is 2.54. The van der Waals surface area contributed by atoms with Crippen LogP contribution >= 0.6 is 12.4 Å². The van der Waals surface area contributed by atoms with E-state index < -0.39 is 24.4 Å². The molecule has 2 aromatic carbocycles. The molecule has 6 heteroatoms. The zero-order valence-electron chi connectivity index (χ0n) is 13.1. The average molecular weight is 350 g/mol. The van der Waals surface area contributed by atoms with Crippen LogP contribution in [0.3, 0.4) is 0 Å².